The van der Waals surface area contributed by atoms with Gasteiger partial charge >= 0.3 is 5.97 Å². The lowest BCUT2D eigenvalue weighted by Crippen LogP contribution is -2.34. The van der Waals surface area contributed by atoms with Crippen molar-refractivity contribution in [3.8, 4) is 0 Å². The summed E-state index contributed by atoms with van der Waals surface area (Å²) in [7, 11) is 0. The molecule has 178 valence electrons. The smallest absolute Gasteiger partial charge is 0.338 e. The Kier molecular flexibility index (Phi) is 7.24. The molecule has 0 radical (unpaired) electrons. The number of esters is 1. The molecule has 1 N–H and O–H groups in total. The van der Waals surface area contributed by atoms with Gasteiger partial charge in [-0.2, -0.15) is 0 Å². The lowest BCUT2D eigenvalue weighted by molar-refractivity contribution is -0.122. The van der Waals surface area contributed by atoms with Crippen molar-refractivity contribution in [2.45, 2.75) is 36.9 Å². The molecular weight excluding hydrogens is 479 g/mol. The number of fused-ring (bicyclic) bond motifs is 1. The molecule has 2 aliphatic rings. The van der Waals surface area contributed by atoms with Crippen LogP contribution in [0.3, 0.4) is 0 Å². The first kappa shape index (κ1) is 24.2. The van der Waals surface area contributed by atoms with E-state index >= 15 is 0 Å². The van der Waals surface area contributed by atoms with E-state index in [9.17, 15) is 19.2 Å². The van der Waals surface area contributed by atoms with E-state index in [-0.39, 0.29) is 28.1 Å². The summed E-state index contributed by atoms with van der Waals surface area (Å²) in [6.07, 6.45) is 1.61. The van der Waals surface area contributed by atoms with Gasteiger partial charge in [-0.1, -0.05) is 19.1 Å². The Balaban J connectivity index is 1.35. The number of carbonyl (C=O) groups excluding carboxylic acids is 4. The SMILES string of the molecule is CCc1ccc(NC(=O)COC(=O)c2ccc(N3C(=O)[C@@H]4C[C@H](Cl)[C@@H](Cl)C[C@H]4C3=O)cc2)cc1. The third kappa shape index (κ3) is 4.95. The normalized spacial score (nSPS) is 24.0. The molecule has 2 aromatic rings. The van der Waals surface area contributed by atoms with Gasteiger partial charge in [0.05, 0.1) is 33.8 Å². The van der Waals surface area contributed by atoms with Gasteiger partial charge in [0.25, 0.3) is 5.91 Å². The van der Waals surface area contributed by atoms with Crippen molar-refractivity contribution in [2.24, 2.45) is 11.8 Å². The molecule has 0 spiro atoms. The van der Waals surface area contributed by atoms with Crippen LogP contribution in [0.4, 0.5) is 11.4 Å². The van der Waals surface area contributed by atoms with Crippen LogP contribution in [0, 0.1) is 11.8 Å². The number of ether oxygens (including phenoxy) is 1. The minimum atomic E-state index is -0.689. The van der Waals surface area contributed by atoms with Crippen molar-refractivity contribution in [1.82, 2.24) is 0 Å². The Morgan fingerprint density at radius 3 is 2.03 bits per heavy atom. The monoisotopic (exact) mass is 502 g/mol. The lowest BCUT2D eigenvalue weighted by atomic mass is 9.80. The highest BCUT2D eigenvalue weighted by atomic mass is 35.5. The van der Waals surface area contributed by atoms with Gasteiger partial charge in [-0.25, -0.2) is 4.79 Å². The highest BCUT2D eigenvalue weighted by Crippen LogP contribution is 2.43. The first-order valence-corrected chi connectivity index (χ1v) is 12.0. The summed E-state index contributed by atoms with van der Waals surface area (Å²) in [5.41, 5.74) is 2.33. The molecule has 0 unspecified atom stereocenters. The van der Waals surface area contributed by atoms with Crippen molar-refractivity contribution in [2.75, 3.05) is 16.8 Å². The zero-order valence-electron chi connectivity index (χ0n) is 18.5. The number of rotatable bonds is 6. The van der Waals surface area contributed by atoms with Crippen LogP contribution in [-0.4, -0.2) is 41.1 Å². The standard InChI is InChI=1S/C25H24Cl2N2O5/c1-2-14-3-7-16(8-4-14)28-22(30)13-34-25(33)15-5-9-17(10-6-15)29-23(31)18-11-20(26)21(27)12-19(18)24(29)32/h3-10,18-21H,2,11-13H2,1H3,(H,28,30)/t18-,19-,20+,21+/m1/s1. The molecule has 1 aliphatic carbocycles. The maximum Gasteiger partial charge on any atom is 0.338 e. The number of nitrogens with one attached hydrogen (secondary N) is 1. The fraction of sp³-hybridized carbons (Fsp3) is 0.360. The number of anilines is 2. The van der Waals surface area contributed by atoms with Crippen LogP contribution in [0.2, 0.25) is 0 Å². The number of hydrogen-bond acceptors (Lipinski definition) is 5. The quantitative estimate of drug-likeness (QED) is 0.363. The average molecular weight is 503 g/mol. The molecule has 9 heteroatoms. The molecule has 7 nitrogen and oxygen atoms in total. The molecular formula is C25H24Cl2N2O5. The highest BCUT2D eigenvalue weighted by molar-refractivity contribution is 6.31. The topological polar surface area (TPSA) is 92.8 Å². The van der Waals surface area contributed by atoms with E-state index in [0.717, 1.165) is 16.9 Å². The van der Waals surface area contributed by atoms with Gasteiger partial charge in [-0.15, -0.1) is 23.2 Å². The zero-order chi connectivity index (χ0) is 24.4. The van der Waals surface area contributed by atoms with Gasteiger partial charge in [0, 0.05) is 5.69 Å². The van der Waals surface area contributed by atoms with Gasteiger partial charge in [-0.3, -0.25) is 19.3 Å². The van der Waals surface area contributed by atoms with Gasteiger partial charge in [0.15, 0.2) is 6.61 Å². The maximum atomic E-state index is 12.9. The van der Waals surface area contributed by atoms with Gasteiger partial charge in [-0.05, 0) is 61.2 Å². The number of alkyl halides is 2. The first-order chi connectivity index (χ1) is 16.3. The number of hydrogen-bond donors (Lipinski definition) is 1. The van der Waals surface area contributed by atoms with Gasteiger partial charge < -0.3 is 10.1 Å². The molecule has 1 heterocycles. The molecule has 2 aromatic carbocycles. The average Bonchev–Trinajstić information content (AvgIpc) is 3.07. The Morgan fingerprint density at radius 2 is 1.50 bits per heavy atom. The highest BCUT2D eigenvalue weighted by Gasteiger charge is 2.52. The number of halogens is 2. The van der Waals surface area contributed by atoms with E-state index in [0.29, 0.717) is 24.2 Å². The third-order valence-electron chi connectivity index (χ3n) is 6.25. The van der Waals surface area contributed by atoms with Gasteiger partial charge in [0.1, 0.15) is 0 Å². The summed E-state index contributed by atoms with van der Waals surface area (Å²) >= 11 is 12.4. The van der Waals surface area contributed by atoms with Crippen LogP contribution in [0.25, 0.3) is 0 Å². The fourth-order valence-electron chi connectivity index (χ4n) is 4.33. The second kappa shape index (κ2) is 10.2. The molecule has 2 fully saturated rings. The summed E-state index contributed by atoms with van der Waals surface area (Å²) in [4.78, 5) is 51.3. The van der Waals surface area contributed by atoms with E-state index < -0.39 is 30.3 Å². The maximum absolute atomic E-state index is 12.9. The van der Waals surface area contributed by atoms with Crippen LogP contribution in [0.5, 0.6) is 0 Å². The Morgan fingerprint density at radius 1 is 0.941 bits per heavy atom. The molecule has 3 amide bonds. The minimum absolute atomic E-state index is 0.196. The second-order valence-electron chi connectivity index (χ2n) is 8.45. The zero-order valence-corrected chi connectivity index (χ0v) is 20.0. The predicted molar refractivity (Wildman–Crippen MR) is 129 cm³/mol. The number of amides is 3. The Labute approximate surface area is 207 Å². The third-order valence-corrected chi connectivity index (χ3v) is 7.35. The second-order valence-corrected chi connectivity index (χ2v) is 9.57. The summed E-state index contributed by atoms with van der Waals surface area (Å²) in [5.74, 6) is -2.71. The molecule has 4 rings (SSSR count). The lowest BCUT2D eigenvalue weighted by Gasteiger charge is -2.28. The van der Waals surface area contributed by atoms with Crippen LogP contribution in [-0.2, 0) is 25.5 Å². The van der Waals surface area contributed by atoms with Crippen molar-refractivity contribution in [1.29, 1.82) is 0 Å². The van der Waals surface area contributed by atoms with Crippen molar-refractivity contribution < 1.29 is 23.9 Å². The molecule has 1 saturated carbocycles. The summed E-state index contributed by atoms with van der Waals surface area (Å²) < 4.78 is 5.09. The van der Waals surface area contributed by atoms with Crippen LogP contribution in [0.1, 0.15) is 35.7 Å². The molecule has 1 saturated heterocycles. The Bertz CT molecular complexity index is 1080. The molecule has 4 atom stereocenters. The Hall–Kier alpha value is -2.90. The van der Waals surface area contributed by atoms with E-state index in [1.807, 2.05) is 19.1 Å². The van der Waals surface area contributed by atoms with E-state index in [1.54, 1.807) is 12.1 Å². The number of nitrogens with zero attached hydrogens (tertiary/aromatic N) is 1. The van der Waals surface area contributed by atoms with Crippen molar-refractivity contribution in [3.63, 3.8) is 0 Å². The fourth-order valence-corrected chi connectivity index (χ4v) is 4.92. The first-order valence-electron chi connectivity index (χ1n) is 11.1. The van der Waals surface area contributed by atoms with E-state index in [2.05, 4.69) is 5.32 Å². The van der Waals surface area contributed by atoms with Crippen LogP contribution in [0.15, 0.2) is 48.5 Å². The number of carbonyl (C=O) groups is 4. The number of benzene rings is 2. The van der Waals surface area contributed by atoms with E-state index in [1.165, 1.54) is 24.3 Å². The summed E-state index contributed by atoms with van der Waals surface area (Å²) in [6.45, 7) is 1.60. The molecule has 0 bridgehead atoms. The minimum Gasteiger partial charge on any atom is -0.452 e. The summed E-state index contributed by atoms with van der Waals surface area (Å²) in [5, 5.41) is 1.96. The summed E-state index contributed by atoms with van der Waals surface area (Å²) in [6, 6.07) is 13.3. The number of aryl methyl sites for hydroxylation is 1. The largest absolute Gasteiger partial charge is 0.452 e. The molecule has 0 aromatic heterocycles. The van der Waals surface area contributed by atoms with E-state index in [4.69, 9.17) is 27.9 Å². The van der Waals surface area contributed by atoms with Crippen molar-refractivity contribution >= 4 is 58.3 Å². The van der Waals surface area contributed by atoms with Crippen LogP contribution < -0.4 is 10.2 Å². The predicted octanol–water partition coefficient (Wildman–Crippen LogP) is 4.16. The van der Waals surface area contributed by atoms with Gasteiger partial charge in [0.2, 0.25) is 11.8 Å². The van der Waals surface area contributed by atoms with Crippen LogP contribution >= 0.6 is 23.2 Å². The number of imide groups is 1. The molecule has 1 aliphatic heterocycles. The molecule has 34 heavy (non-hydrogen) atoms. The van der Waals surface area contributed by atoms with Crippen molar-refractivity contribution in [3.05, 3.63) is 59.7 Å².